The lowest BCUT2D eigenvalue weighted by Crippen LogP contribution is -2.38. The van der Waals surface area contributed by atoms with Crippen molar-refractivity contribution in [2.75, 3.05) is 13.7 Å². The van der Waals surface area contributed by atoms with E-state index in [-0.39, 0.29) is 5.82 Å². The van der Waals surface area contributed by atoms with Crippen molar-refractivity contribution in [1.82, 2.24) is 20.1 Å². The predicted molar refractivity (Wildman–Crippen MR) is 103 cm³/mol. The van der Waals surface area contributed by atoms with Gasteiger partial charge >= 0.3 is 0 Å². The molecule has 1 N–H and O–H groups in total. The number of halogens is 1. The van der Waals surface area contributed by atoms with Crippen LogP contribution in [-0.4, -0.2) is 52.1 Å². The standard InChI is InChI=1S/C20H24FN5O/c1-13-9-17(20-23-12-24-25-20)18(21)10-16(13)19-11-26(8-7-22-19)14-3-5-15(27-2)6-4-14/h7,9-12,14-15H,3-6,8H2,1-2H3,(H,23,24,25)/t14-,15+. The summed E-state index contributed by atoms with van der Waals surface area (Å²) < 4.78 is 20.2. The van der Waals surface area contributed by atoms with Crippen LogP contribution in [0.3, 0.4) is 0 Å². The molecule has 1 aromatic carbocycles. The van der Waals surface area contributed by atoms with Crippen molar-refractivity contribution in [1.29, 1.82) is 0 Å². The highest BCUT2D eigenvalue weighted by Crippen LogP contribution is 2.31. The second-order valence-corrected chi connectivity index (χ2v) is 7.16. The van der Waals surface area contributed by atoms with Crippen LogP contribution in [0, 0.1) is 12.7 Å². The number of H-pyrrole nitrogens is 1. The normalized spacial score (nSPS) is 22.8. The fourth-order valence-corrected chi connectivity index (χ4v) is 3.95. The molecule has 0 saturated heterocycles. The third kappa shape index (κ3) is 3.64. The summed E-state index contributed by atoms with van der Waals surface area (Å²) in [5.41, 5.74) is 2.95. The molecular formula is C20H24FN5O. The fourth-order valence-electron chi connectivity index (χ4n) is 3.95. The number of methoxy groups -OCH3 is 1. The second-order valence-electron chi connectivity index (χ2n) is 7.16. The molecule has 2 heterocycles. The Bertz CT molecular complexity index is 854. The van der Waals surface area contributed by atoms with Gasteiger partial charge < -0.3 is 9.64 Å². The molecule has 0 amide bonds. The van der Waals surface area contributed by atoms with Crippen LogP contribution < -0.4 is 0 Å². The first-order valence-electron chi connectivity index (χ1n) is 9.35. The summed E-state index contributed by atoms with van der Waals surface area (Å²) in [6.07, 6.45) is 10.2. The molecule has 1 saturated carbocycles. The average molecular weight is 369 g/mol. The number of nitrogens with zero attached hydrogens (tertiary/aromatic N) is 4. The van der Waals surface area contributed by atoms with Crippen LogP contribution in [-0.2, 0) is 4.74 Å². The highest BCUT2D eigenvalue weighted by molar-refractivity contribution is 5.79. The topological polar surface area (TPSA) is 66.4 Å². The van der Waals surface area contributed by atoms with Gasteiger partial charge in [-0.1, -0.05) is 0 Å². The molecule has 1 fully saturated rings. The first-order chi connectivity index (χ1) is 13.2. The minimum atomic E-state index is -0.343. The Morgan fingerprint density at radius 2 is 2.00 bits per heavy atom. The van der Waals surface area contributed by atoms with Crippen LogP contribution in [0.5, 0.6) is 0 Å². The summed E-state index contributed by atoms with van der Waals surface area (Å²) in [6.45, 7) is 2.76. The summed E-state index contributed by atoms with van der Waals surface area (Å²) in [6, 6.07) is 3.80. The van der Waals surface area contributed by atoms with E-state index in [1.807, 2.05) is 13.1 Å². The largest absolute Gasteiger partial charge is 0.381 e. The van der Waals surface area contributed by atoms with E-state index in [2.05, 4.69) is 31.3 Å². The van der Waals surface area contributed by atoms with Gasteiger partial charge in [0.1, 0.15) is 12.1 Å². The molecule has 1 aliphatic carbocycles. The molecule has 0 radical (unpaired) electrons. The summed E-state index contributed by atoms with van der Waals surface area (Å²) in [4.78, 5) is 10.9. The molecule has 0 atom stereocenters. The van der Waals surface area contributed by atoms with Crippen LogP contribution in [0.15, 0.2) is 29.7 Å². The molecule has 0 bridgehead atoms. The van der Waals surface area contributed by atoms with Gasteiger partial charge in [0.2, 0.25) is 0 Å². The SMILES string of the molecule is CO[C@H]1CC[C@@H](N2C=C(c3cc(F)c(-c4nc[nH]n4)cc3C)N=CC2)CC1. The first-order valence-corrected chi connectivity index (χ1v) is 9.35. The number of aromatic nitrogens is 3. The number of benzene rings is 1. The fraction of sp³-hybridized carbons (Fsp3) is 0.450. The van der Waals surface area contributed by atoms with Crippen molar-refractivity contribution in [3.8, 4) is 11.4 Å². The number of hydrogen-bond donors (Lipinski definition) is 1. The number of rotatable bonds is 4. The number of ether oxygens (including phenoxy) is 1. The van der Waals surface area contributed by atoms with Crippen molar-refractivity contribution >= 4 is 11.9 Å². The van der Waals surface area contributed by atoms with E-state index >= 15 is 0 Å². The molecule has 1 aliphatic heterocycles. The molecule has 2 aromatic rings. The molecule has 4 rings (SSSR count). The van der Waals surface area contributed by atoms with E-state index in [1.54, 1.807) is 13.2 Å². The molecule has 142 valence electrons. The van der Waals surface area contributed by atoms with Crippen molar-refractivity contribution in [2.45, 2.75) is 44.8 Å². The lowest BCUT2D eigenvalue weighted by molar-refractivity contribution is 0.0501. The van der Waals surface area contributed by atoms with Crippen LogP contribution in [0.4, 0.5) is 4.39 Å². The number of aryl methyl sites for hydroxylation is 1. The first kappa shape index (κ1) is 17.9. The third-order valence-corrected chi connectivity index (χ3v) is 5.50. The Morgan fingerprint density at radius 1 is 1.19 bits per heavy atom. The second kappa shape index (κ2) is 7.60. The Kier molecular flexibility index (Phi) is 5.03. The summed E-state index contributed by atoms with van der Waals surface area (Å²) >= 11 is 0. The molecular weight excluding hydrogens is 345 g/mol. The van der Waals surface area contributed by atoms with Gasteiger partial charge in [0.05, 0.1) is 23.9 Å². The van der Waals surface area contributed by atoms with Gasteiger partial charge in [0.25, 0.3) is 0 Å². The van der Waals surface area contributed by atoms with Gasteiger partial charge in [-0.3, -0.25) is 10.1 Å². The smallest absolute Gasteiger partial charge is 0.183 e. The summed E-state index contributed by atoms with van der Waals surface area (Å²) in [5.74, 6) is 0.0174. The molecule has 2 aliphatic rings. The highest BCUT2D eigenvalue weighted by Gasteiger charge is 2.26. The minimum Gasteiger partial charge on any atom is -0.381 e. The number of hydrogen-bond acceptors (Lipinski definition) is 5. The Morgan fingerprint density at radius 3 is 2.70 bits per heavy atom. The van der Waals surface area contributed by atoms with Gasteiger partial charge in [0, 0.05) is 31.1 Å². The molecule has 7 heteroatoms. The van der Waals surface area contributed by atoms with Gasteiger partial charge in [-0.25, -0.2) is 9.37 Å². The predicted octanol–water partition coefficient (Wildman–Crippen LogP) is 3.56. The Labute approximate surface area is 158 Å². The van der Waals surface area contributed by atoms with Gasteiger partial charge in [-0.05, 0) is 50.3 Å². The lowest BCUT2D eigenvalue weighted by Gasteiger charge is -2.36. The Hall–Kier alpha value is -2.54. The quantitative estimate of drug-likeness (QED) is 0.895. The lowest BCUT2D eigenvalue weighted by atomic mass is 9.91. The number of nitrogens with one attached hydrogen (secondary N) is 1. The van der Waals surface area contributed by atoms with E-state index in [0.717, 1.165) is 49.1 Å². The monoisotopic (exact) mass is 369 g/mol. The van der Waals surface area contributed by atoms with E-state index in [0.29, 0.717) is 23.5 Å². The molecule has 1 aromatic heterocycles. The molecule has 27 heavy (non-hydrogen) atoms. The highest BCUT2D eigenvalue weighted by atomic mass is 19.1. The van der Waals surface area contributed by atoms with E-state index in [1.165, 1.54) is 12.4 Å². The maximum absolute atomic E-state index is 14.7. The van der Waals surface area contributed by atoms with Crippen molar-refractivity contribution in [2.24, 2.45) is 4.99 Å². The van der Waals surface area contributed by atoms with Crippen molar-refractivity contribution in [3.63, 3.8) is 0 Å². The molecule has 0 spiro atoms. The number of aliphatic imine (C=N–C) groups is 1. The van der Waals surface area contributed by atoms with Gasteiger partial charge in [-0.15, -0.1) is 0 Å². The van der Waals surface area contributed by atoms with Crippen LogP contribution in [0.25, 0.3) is 17.1 Å². The zero-order valence-corrected chi connectivity index (χ0v) is 15.7. The number of aromatic amines is 1. The minimum absolute atomic E-state index is 0.343. The van der Waals surface area contributed by atoms with E-state index < -0.39 is 0 Å². The van der Waals surface area contributed by atoms with Gasteiger partial charge in [0.15, 0.2) is 5.82 Å². The zero-order valence-electron chi connectivity index (χ0n) is 15.7. The van der Waals surface area contributed by atoms with Gasteiger partial charge in [-0.2, -0.15) is 5.10 Å². The average Bonchev–Trinajstić information content (AvgIpc) is 3.24. The Balaban J connectivity index is 1.58. The van der Waals surface area contributed by atoms with Crippen LogP contribution in [0.2, 0.25) is 0 Å². The maximum Gasteiger partial charge on any atom is 0.183 e. The third-order valence-electron chi connectivity index (χ3n) is 5.50. The molecule has 6 nitrogen and oxygen atoms in total. The van der Waals surface area contributed by atoms with Crippen LogP contribution in [0.1, 0.15) is 36.8 Å². The van der Waals surface area contributed by atoms with Crippen molar-refractivity contribution < 1.29 is 9.13 Å². The maximum atomic E-state index is 14.7. The molecule has 0 unspecified atom stereocenters. The van der Waals surface area contributed by atoms with Crippen LogP contribution >= 0.6 is 0 Å². The van der Waals surface area contributed by atoms with E-state index in [4.69, 9.17) is 4.74 Å². The summed E-state index contributed by atoms with van der Waals surface area (Å²) in [7, 11) is 1.79. The zero-order chi connectivity index (χ0) is 18.8. The van der Waals surface area contributed by atoms with Crippen molar-refractivity contribution in [3.05, 3.63) is 41.6 Å². The summed E-state index contributed by atoms with van der Waals surface area (Å²) in [5, 5.41) is 6.60. The van der Waals surface area contributed by atoms with E-state index in [9.17, 15) is 4.39 Å².